The van der Waals surface area contributed by atoms with Crippen LogP contribution in [0.15, 0.2) is 42.5 Å². The molecule has 0 radical (unpaired) electrons. The highest BCUT2D eigenvalue weighted by atomic mass is 19.1. The maximum absolute atomic E-state index is 14.1. The second-order valence-corrected chi connectivity index (χ2v) is 7.20. The van der Waals surface area contributed by atoms with Gasteiger partial charge in [-0.1, -0.05) is 30.3 Å². The number of benzene rings is 2. The molecule has 4 rings (SSSR count). The molecule has 0 aliphatic carbocycles. The van der Waals surface area contributed by atoms with Gasteiger partial charge in [-0.2, -0.15) is 0 Å². The Kier molecular flexibility index (Phi) is 5.09. The number of fused-ring (bicyclic) bond motifs is 1. The van der Waals surface area contributed by atoms with Crippen LogP contribution < -0.4 is 10.5 Å². The normalized spacial score (nSPS) is 22.7. The highest BCUT2D eigenvalue weighted by Gasteiger charge is 2.28. The average Bonchev–Trinajstić information content (AvgIpc) is 2.68. The summed E-state index contributed by atoms with van der Waals surface area (Å²) in [6.45, 7) is 2.27. The van der Waals surface area contributed by atoms with Crippen molar-refractivity contribution in [2.45, 2.75) is 32.3 Å². The Balaban J connectivity index is 1.57. The summed E-state index contributed by atoms with van der Waals surface area (Å²) in [5.74, 6) is -0.0468. The molecule has 2 aromatic rings. The Labute approximate surface area is 157 Å². The van der Waals surface area contributed by atoms with E-state index in [0.29, 0.717) is 31.0 Å². The van der Waals surface area contributed by atoms with Crippen molar-refractivity contribution in [1.29, 1.82) is 0 Å². The number of halogens is 1. The van der Waals surface area contributed by atoms with Gasteiger partial charge in [0.05, 0.1) is 12.5 Å². The molecular formula is C21H23FN2O3. The van der Waals surface area contributed by atoms with Gasteiger partial charge in [-0.25, -0.2) is 4.39 Å². The van der Waals surface area contributed by atoms with Crippen LogP contribution in [0.1, 0.15) is 35.8 Å². The Bertz CT molecular complexity index is 828. The Morgan fingerprint density at radius 1 is 1.26 bits per heavy atom. The Morgan fingerprint density at radius 2 is 2.07 bits per heavy atom. The number of primary amides is 1. The van der Waals surface area contributed by atoms with Gasteiger partial charge in [0, 0.05) is 29.8 Å². The molecular weight excluding hydrogens is 347 g/mol. The van der Waals surface area contributed by atoms with E-state index in [-0.39, 0.29) is 17.6 Å². The number of piperidine rings is 1. The lowest BCUT2D eigenvalue weighted by molar-refractivity contribution is -0.123. The smallest absolute Gasteiger partial charge is 0.227 e. The fourth-order valence-electron chi connectivity index (χ4n) is 3.84. The van der Waals surface area contributed by atoms with Crippen LogP contribution in [0.25, 0.3) is 0 Å². The fourth-order valence-corrected chi connectivity index (χ4v) is 3.84. The van der Waals surface area contributed by atoms with E-state index in [9.17, 15) is 9.18 Å². The van der Waals surface area contributed by atoms with E-state index < -0.39 is 6.29 Å². The SMILES string of the molecule is NC(=O)[C@@H]1CCCN(Cc2cc(F)cc3c2O[C@@H](c2ccccc2)OC3)C1. The van der Waals surface area contributed by atoms with Crippen LogP contribution in [0.5, 0.6) is 5.75 Å². The van der Waals surface area contributed by atoms with E-state index in [2.05, 4.69) is 4.90 Å². The van der Waals surface area contributed by atoms with Crippen LogP contribution in [-0.2, 0) is 22.7 Å². The van der Waals surface area contributed by atoms with Gasteiger partial charge in [0.25, 0.3) is 0 Å². The topological polar surface area (TPSA) is 64.8 Å². The van der Waals surface area contributed by atoms with Crippen molar-refractivity contribution in [3.63, 3.8) is 0 Å². The summed E-state index contributed by atoms with van der Waals surface area (Å²) in [7, 11) is 0. The van der Waals surface area contributed by atoms with Gasteiger partial charge < -0.3 is 15.2 Å². The summed E-state index contributed by atoms with van der Waals surface area (Å²) in [5, 5.41) is 0. The number of carbonyl (C=O) groups is 1. The monoisotopic (exact) mass is 370 g/mol. The van der Waals surface area contributed by atoms with Crippen LogP contribution in [-0.4, -0.2) is 23.9 Å². The number of amides is 1. The molecule has 6 heteroatoms. The third-order valence-corrected chi connectivity index (χ3v) is 5.20. The molecule has 1 fully saturated rings. The van der Waals surface area contributed by atoms with E-state index in [0.717, 1.165) is 30.5 Å². The van der Waals surface area contributed by atoms with E-state index in [1.807, 2.05) is 30.3 Å². The van der Waals surface area contributed by atoms with Crippen molar-refractivity contribution in [1.82, 2.24) is 4.90 Å². The summed E-state index contributed by atoms with van der Waals surface area (Å²) in [6, 6.07) is 12.7. The lowest BCUT2D eigenvalue weighted by Gasteiger charge is -2.33. The number of likely N-dealkylation sites (tertiary alicyclic amines) is 1. The molecule has 1 amide bonds. The maximum atomic E-state index is 14.1. The van der Waals surface area contributed by atoms with Crippen molar-refractivity contribution in [2.24, 2.45) is 11.7 Å². The van der Waals surface area contributed by atoms with Gasteiger partial charge in [0.1, 0.15) is 11.6 Å². The molecule has 142 valence electrons. The molecule has 2 atom stereocenters. The van der Waals surface area contributed by atoms with E-state index in [4.69, 9.17) is 15.2 Å². The van der Waals surface area contributed by atoms with Crippen LogP contribution in [0.3, 0.4) is 0 Å². The first kappa shape index (κ1) is 17.9. The van der Waals surface area contributed by atoms with E-state index in [1.165, 1.54) is 12.1 Å². The quantitative estimate of drug-likeness (QED) is 0.898. The molecule has 2 N–H and O–H groups in total. The third kappa shape index (κ3) is 3.96. The lowest BCUT2D eigenvalue weighted by Crippen LogP contribution is -2.40. The molecule has 27 heavy (non-hydrogen) atoms. The van der Waals surface area contributed by atoms with Gasteiger partial charge in [-0.05, 0) is 31.5 Å². The first-order chi connectivity index (χ1) is 13.1. The number of nitrogens with zero attached hydrogens (tertiary/aromatic N) is 1. The van der Waals surface area contributed by atoms with Gasteiger partial charge in [0.15, 0.2) is 0 Å². The van der Waals surface area contributed by atoms with Gasteiger partial charge in [-0.15, -0.1) is 0 Å². The number of rotatable bonds is 4. The summed E-state index contributed by atoms with van der Waals surface area (Å²) in [5.41, 5.74) is 7.88. The second kappa shape index (κ2) is 7.66. The first-order valence-corrected chi connectivity index (χ1v) is 9.26. The van der Waals surface area contributed by atoms with Crippen LogP contribution in [0, 0.1) is 11.7 Å². The molecule has 0 saturated carbocycles. The second-order valence-electron chi connectivity index (χ2n) is 7.20. The summed E-state index contributed by atoms with van der Waals surface area (Å²) < 4.78 is 26.0. The summed E-state index contributed by atoms with van der Waals surface area (Å²) in [6.07, 6.45) is 1.21. The van der Waals surface area contributed by atoms with Gasteiger partial charge in [0.2, 0.25) is 12.2 Å². The maximum Gasteiger partial charge on any atom is 0.227 e. The van der Waals surface area contributed by atoms with E-state index in [1.54, 1.807) is 0 Å². The number of ether oxygens (including phenoxy) is 2. The van der Waals surface area contributed by atoms with Crippen molar-refractivity contribution in [3.8, 4) is 5.75 Å². The molecule has 5 nitrogen and oxygen atoms in total. The molecule has 1 saturated heterocycles. The molecule has 2 aliphatic rings. The van der Waals surface area contributed by atoms with Crippen LogP contribution >= 0.6 is 0 Å². The highest BCUT2D eigenvalue weighted by Crippen LogP contribution is 2.37. The van der Waals surface area contributed by atoms with Crippen molar-refractivity contribution in [3.05, 3.63) is 65.0 Å². The van der Waals surface area contributed by atoms with Gasteiger partial charge >= 0.3 is 0 Å². The Morgan fingerprint density at radius 3 is 2.85 bits per heavy atom. The minimum Gasteiger partial charge on any atom is -0.460 e. The van der Waals surface area contributed by atoms with E-state index >= 15 is 0 Å². The molecule has 2 aromatic carbocycles. The Hall–Kier alpha value is -2.44. The third-order valence-electron chi connectivity index (χ3n) is 5.20. The molecule has 0 bridgehead atoms. The number of hydrogen-bond acceptors (Lipinski definition) is 4. The molecule has 2 heterocycles. The first-order valence-electron chi connectivity index (χ1n) is 9.26. The van der Waals surface area contributed by atoms with Crippen LogP contribution in [0.2, 0.25) is 0 Å². The zero-order chi connectivity index (χ0) is 18.8. The predicted octanol–water partition coefficient (Wildman–Crippen LogP) is 3.13. The zero-order valence-electron chi connectivity index (χ0n) is 15.1. The summed E-state index contributed by atoms with van der Waals surface area (Å²) >= 11 is 0. The highest BCUT2D eigenvalue weighted by molar-refractivity contribution is 5.76. The molecule has 0 aromatic heterocycles. The molecule has 2 aliphatic heterocycles. The number of hydrogen-bond donors (Lipinski definition) is 1. The molecule has 0 spiro atoms. The van der Waals surface area contributed by atoms with Crippen molar-refractivity contribution < 1.29 is 18.7 Å². The zero-order valence-corrected chi connectivity index (χ0v) is 15.1. The van der Waals surface area contributed by atoms with Gasteiger partial charge in [-0.3, -0.25) is 9.69 Å². The summed E-state index contributed by atoms with van der Waals surface area (Å²) in [4.78, 5) is 13.7. The number of carbonyl (C=O) groups excluding carboxylic acids is 1. The fraction of sp³-hybridized carbons (Fsp3) is 0.381. The van der Waals surface area contributed by atoms with Crippen molar-refractivity contribution in [2.75, 3.05) is 13.1 Å². The standard InChI is InChI=1S/C21H23FN2O3/c22-18-9-16(12-24-8-4-7-15(11-24)20(23)25)19-17(10-18)13-26-21(27-19)14-5-2-1-3-6-14/h1-3,5-6,9-10,15,21H,4,7-8,11-13H2,(H2,23,25)/t15-,21+/m1/s1. The minimum atomic E-state index is -0.511. The predicted molar refractivity (Wildman–Crippen MR) is 98.2 cm³/mol. The average molecular weight is 370 g/mol. The largest absolute Gasteiger partial charge is 0.460 e. The minimum absolute atomic E-state index is 0.149. The number of nitrogens with two attached hydrogens (primary N) is 1. The van der Waals surface area contributed by atoms with Crippen LogP contribution in [0.4, 0.5) is 4.39 Å². The molecule has 0 unspecified atom stereocenters. The lowest BCUT2D eigenvalue weighted by atomic mass is 9.96. The van der Waals surface area contributed by atoms with Crippen molar-refractivity contribution >= 4 is 5.91 Å².